The van der Waals surface area contributed by atoms with Gasteiger partial charge in [-0.25, -0.2) is 4.79 Å². The molecule has 3 rings (SSSR count). The third kappa shape index (κ3) is 4.76. The molecule has 0 aliphatic heterocycles. The number of pyridine rings is 1. The van der Waals surface area contributed by atoms with Crippen molar-refractivity contribution in [1.82, 2.24) is 10.3 Å². The Morgan fingerprint density at radius 3 is 2.66 bits per heavy atom. The maximum absolute atomic E-state index is 11.6. The number of anilines is 1. The number of hydrogen-bond donors (Lipinski definition) is 3. The largest absolute Gasteiger partial charge is 0.490 e. The molecule has 0 saturated heterocycles. The van der Waals surface area contributed by atoms with Crippen LogP contribution in [0.15, 0.2) is 18.2 Å². The highest BCUT2D eigenvalue weighted by molar-refractivity contribution is 6.06. The molecule has 156 valence electrons. The van der Waals surface area contributed by atoms with Crippen LogP contribution in [0.5, 0.6) is 5.75 Å². The van der Waals surface area contributed by atoms with Gasteiger partial charge in [-0.05, 0) is 50.7 Å². The number of aryl methyl sites for hydroxylation is 1. The first-order chi connectivity index (χ1) is 13.9. The van der Waals surface area contributed by atoms with Crippen LogP contribution >= 0.6 is 0 Å². The maximum atomic E-state index is 11.6. The minimum Gasteiger partial charge on any atom is -0.490 e. The van der Waals surface area contributed by atoms with Crippen molar-refractivity contribution >= 4 is 28.5 Å². The molecule has 1 amide bonds. The summed E-state index contributed by atoms with van der Waals surface area (Å²) in [7, 11) is 1.50. The van der Waals surface area contributed by atoms with Gasteiger partial charge in [0.15, 0.2) is 0 Å². The first-order valence-corrected chi connectivity index (χ1v) is 9.75. The Bertz CT molecular complexity index is 907. The zero-order valence-electron chi connectivity index (χ0n) is 16.7. The molecule has 8 nitrogen and oxygen atoms in total. The predicted molar refractivity (Wildman–Crippen MR) is 109 cm³/mol. The lowest BCUT2D eigenvalue weighted by Gasteiger charge is -2.29. The lowest BCUT2D eigenvalue weighted by atomic mass is 9.87. The van der Waals surface area contributed by atoms with Gasteiger partial charge in [-0.15, -0.1) is 0 Å². The van der Waals surface area contributed by atoms with Gasteiger partial charge in [-0.1, -0.05) is 6.07 Å². The molecule has 0 radical (unpaired) electrons. The van der Waals surface area contributed by atoms with Crippen molar-refractivity contribution in [2.75, 3.05) is 26.0 Å². The number of ether oxygens (including phenoxy) is 2. The number of amides is 1. The molecule has 0 bridgehead atoms. The Labute approximate surface area is 169 Å². The highest BCUT2D eigenvalue weighted by atomic mass is 16.5. The van der Waals surface area contributed by atoms with Crippen molar-refractivity contribution < 1.29 is 24.2 Å². The van der Waals surface area contributed by atoms with Crippen LogP contribution < -0.4 is 15.8 Å². The minimum absolute atomic E-state index is 0.0144. The van der Waals surface area contributed by atoms with E-state index in [9.17, 15) is 14.7 Å². The van der Waals surface area contributed by atoms with E-state index < -0.39 is 5.97 Å². The van der Waals surface area contributed by atoms with Crippen LogP contribution in [0.3, 0.4) is 0 Å². The zero-order valence-corrected chi connectivity index (χ0v) is 16.7. The number of carbonyl (C=O) groups is 2. The summed E-state index contributed by atoms with van der Waals surface area (Å²) in [6.45, 7) is 2.35. The molecule has 1 fully saturated rings. The van der Waals surface area contributed by atoms with E-state index in [4.69, 9.17) is 15.2 Å². The molecule has 2 aromatic rings. The number of nitrogen functional groups attached to an aromatic ring is 1. The van der Waals surface area contributed by atoms with Gasteiger partial charge in [-0.3, -0.25) is 9.78 Å². The number of carbonyl (C=O) groups excluding carboxylic acids is 1. The molecule has 1 saturated carbocycles. The smallest absolute Gasteiger partial charge is 0.339 e. The summed E-state index contributed by atoms with van der Waals surface area (Å²) in [4.78, 5) is 27.5. The third-order valence-corrected chi connectivity index (χ3v) is 5.36. The van der Waals surface area contributed by atoms with Crippen LogP contribution in [0, 0.1) is 12.8 Å². The van der Waals surface area contributed by atoms with Gasteiger partial charge in [0.05, 0.1) is 28.4 Å². The van der Waals surface area contributed by atoms with Crippen LogP contribution in [-0.4, -0.2) is 48.3 Å². The summed E-state index contributed by atoms with van der Waals surface area (Å²) >= 11 is 0. The van der Waals surface area contributed by atoms with Crippen molar-refractivity contribution in [2.45, 2.75) is 38.7 Å². The highest BCUT2D eigenvalue weighted by Gasteiger charge is 2.25. The second-order valence-corrected chi connectivity index (χ2v) is 7.44. The first kappa shape index (κ1) is 20.9. The quantitative estimate of drug-likeness (QED) is 0.651. The number of benzene rings is 1. The van der Waals surface area contributed by atoms with E-state index in [2.05, 4.69) is 10.3 Å². The van der Waals surface area contributed by atoms with Crippen molar-refractivity contribution in [3.8, 4) is 5.75 Å². The number of carboxylic acid groups (broad SMARTS) is 1. The van der Waals surface area contributed by atoms with E-state index in [0.29, 0.717) is 34.8 Å². The number of fused-ring (bicyclic) bond motifs is 1. The second kappa shape index (κ2) is 9.09. The number of hydrogen-bond acceptors (Lipinski definition) is 6. The summed E-state index contributed by atoms with van der Waals surface area (Å²) < 4.78 is 11.0. The molecule has 1 aromatic heterocycles. The molecule has 1 aromatic carbocycles. The van der Waals surface area contributed by atoms with Gasteiger partial charge >= 0.3 is 5.97 Å². The molecule has 29 heavy (non-hydrogen) atoms. The molecule has 1 aliphatic rings. The van der Waals surface area contributed by atoms with Crippen molar-refractivity contribution in [2.24, 2.45) is 5.92 Å². The van der Waals surface area contributed by atoms with Gasteiger partial charge < -0.3 is 25.6 Å². The lowest BCUT2D eigenvalue weighted by Crippen LogP contribution is -2.35. The number of aromatic nitrogens is 1. The van der Waals surface area contributed by atoms with E-state index in [1.165, 1.54) is 7.11 Å². The molecule has 0 spiro atoms. The Morgan fingerprint density at radius 1 is 1.28 bits per heavy atom. The Morgan fingerprint density at radius 2 is 2.00 bits per heavy atom. The van der Waals surface area contributed by atoms with Gasteiger partial charge in [0.25, 0.3) is 0 Å². The number of rotatable bonds is 7. The number of nitrogens with one attached hydrogen (secondary N) is 1. The predicted octanol–water partition coefficient (Wildman–Crippen LogP) is 2.52. The number of methoxy groups -OCH3 is 1. The standard InChI is InChI=1S/C21H27N3O5/c1-12-18(21(26)27)20(22)19-15(24-12)4-3-5-16(19)29-14-8-6-13(7-9-14)10-23-17(25)11-28-2/h3-5,13-14H,6-11H2,1-2H3,(H2,22,24)(H,23,25)(H,26,27)/t13-,14-. The number of nitrogens with two attached hydrogens (primary N) is 1. The van der Waals surface area contributed by atoms with Gasteiger partial charge in [0.1, 0.15) is 17.9 Å². The zero-order chi connectivity index (χ0) is 21.0. The van der Waals surface area contributed by atoms with Crippen LogP contribution in [0.1, 0.15) is 41.7 Å². The summed E-state index contributed by atoms with van der Waals surface area (Å²) in [5.74, 6) is -0.225. The summed E-state index contributed by atoms with van der Waals surface area (Å²) in [6, 6.07) is 5.44. The van der Waals surface area contributed by atoms with Crippen molar-refractivity contribution in [3.63, 3.8) is 0 Å². The fourth-order valence-electron chi connectivity index (χ4n) is 3.88. The number of nitrogens with zero attached hydrogens (tertiary/aromatic N) is 1. The van der Waals surface area contributed by atoms with E-state index in [1.807, 2.05) is 6.07 Å². The van der Waals surface area contributed by atoms with Crippen LogP contribution in [0.2, 0.25) is 0 Å². The van der Waals surface area contributed by atoms with Crippen LogP contribution in [0.4, 0.5) is 5.69 Å². The van der Waals surface area contributed by atoms with Gasteiger partial charge in [0, 0.05) is 13.7 Å². The molecule has 0 atom stereocenters. The van der Waals surface area contributed by atoms with Crippen LogP contribution in [-0.2, 0) is 9.53 Å². The Kier molecular flexibility index (Phi) is 6.53. The second-order valence-electron chi connectivity index (χ2n) is 7.44. The fraction of sp³-hybridized carbons (Fsp3) is 0.476. The van der Waals surface area contributed by atoms with Gasteiger partial charge in [0.2, 0.25) is 5.91 Å². The van der Waals surface area contributed by atoms with Crippen molar-refractivity contribution in [1.29, 1.82) is 0 Å². The fourth-order valence-corrected chi connectivity index (χ4v) is 3.88. The molecule has 1 heterocycles. The molecular formula is C21H27N3O5. The average molecular weight is 401 g/mol. The maximum Gasteiger partial charge on any atom is 0.339 e. The molecule has 8 heteroatoms. The summed E-state index contributed by atoms with van der Waals surface area (Å²) in [6.07, 6.45) is 3.60. The van der Waals surface area contributed by atoms with E-state index in [-0.39, 0.29) is 29.9 Å². The molecular weight excluding hydrogens is 374 g/mol. The Hall–Kier alpha value is -2.87. The number of carboxylic acids is 1. The van der Waals surface area contributed by atoms with Crippen LogP contribution in [0.25, 0.3) is 10.9 Å². The molecule has 1 aliphatic carbocycles. The van der Waals surface area contributed by atoms with E-state index in [1.54, 1.807) is 19.1 Å². The summed E-state index contributed by atoms with van der Waals surface area (Å²) in [5.41, 5.74) is 7.40. The Balaban J connectivity index is 1.69. The number of aromatic carboxylic acids is 1. The normalized spacial score (nSPS) is 19.1. The average Bonchev–Trinajstić information content (AvgIpc) is 2.67. The first-order valence-electron chi connectivity index (χ1n) is 9.75. The monoisotopic (exact) mass is 401 g/mol. The topological polar surface area (TPSA) is 124 Å². The minimum atomic E-state index is -1.10. The molecule has 4 N–H and O–H groups in total. The summed E-state index contributed by atoms with van der Waals surface area (Å²) in [5, 5.41) is 12.9. The SMILES string of the molecule is COCC(=O)NC[C@H]1CC[C@H](Oc2cccc3nc(C)c(C(=O)O)c(N)c23)CC1. The lowest BCUT2D eigenvalue weighted by molar-refractivity contribution is -0.125. The highest BCUT2D eigenvalue weighted by Crippen LogP contribution is 2.36. The van der Waals surface area contributed by atoms with Gasteiger partial charge in [-0.2, -0.15) is 0 Å². The molecule has 0 unspecified atom stereocenters. The van der Waals surface area contributed by atoms with Crippen molar-refractivity contribution in [3.05, 3.63) is 29.5 Å². The third-order valence-electron chi connectivity index (χ3n) is 5.36. The van der Waals surface area contributed by atoms with E-state index in [0.717, 1.165) is 25.7 Å². The van der Waals surface area contributed by atoms with E-state index >= 15 is 0 Å².